The molecule has 3 heterocycles. The summed E-state index contributed by atoms with van der Waals surface area (Å²) in [5, 5.41) is 4.88. The highest BCUT2D eigenvalue weighted by molar-refractivity contribution is 6.12. The maximum Gasteiger partial charge on any atom is 0.164 e. The summed E-state index contributed by atoms with van der Waals surface area (Å²) in [7, 11) is 0. The lowest BCUT2D eigenvalue weighted by atomic mass is 10.0. The molecule has 0 spiro atoms. The highest BCUT2D eigenvalue weighted by Crippen LogP contribution is 2.39. The maximum absolute atomic E-state index is 5.17. The summed E-state index contributed by atoms with van der Waals surface area (Å²) in [5.41, 5.74) is 14.2. The smallest absolute Gasteiger partial charge is 0.164 e. The normalized spacial score (nSPS) is 11.5. The van der Waals surface area contributed by atoms with Crippen molar-refractivity contribution in [2.45, 2.75) is 0 Å². The Morgan fingerprint density at radius 3 is 1.21 bits per heavy atom. The Hall–Kier alpha value is -8.41. The first kappa shape index (κ1) is 35.5. The molecule has 0 amide bonds. The Balaban J connectivity index is 1.01. The number of benzene rings is 9. The van der Waals surface area contributed by atoms with Crippen LogP contribution in [0.15, 0.2) is 224 Å². The van der Waals surface area contributed by atoms with Gasteiger partial charge in [-0.05, 0) is 76.9 Å². The molecule has 0 unspecified atom stereocenters. The minimum atomic E-state index is 0.615. The molecule has 0 aliphatic rings. The average Bonchev–Trinajstić information content (AvgIpc) is 3.87. The fourth-order valence-electron chi connectivity index (χ4n) is 9.04. The summed E-state index contributed by atoms with van der Waals surface area (Å²) < 4.78 is 4.76. The second-order valence-electron chi connectivity index (χ2n) is 15.7. The molecule has 62 heavy (non-hydrogen) atoms. The third-order valence-electron chi connectivity index (χ3n) is 12.0. The van der Waals surface area contributed by atoms with E-state index in [4.69, 9.17) is 15.0 Å². The molecule has 5 heteroatoms. The monoisotopic (exact) mass is 791 g/mol. The van der Waals surface area contributed by atoms with E-state index in [0.29, 0.717) is 17.5 Å². The van der Waals surface area contributed by atoms with Crippen molar-refractivity contribution in [1.82, 2.24) is 24.1 Å². The molecule has 0 atom stereocenters. The Labute approximate surface area is 358 Å². The quantitative estimate of drug-likeness (QED) is 0.162. The van der Waals surface area contributed by atoms with Crippen molar-refractivity contribution in [2.24, 2.45) is 0 Å². The van der Waals surface area contributed by atoms with Gasteiger partial charge in [-0.2, -0.15) is 0 Å². The molecule has 9 aromatic carbocycles. The highest BCUT2D eigenvalue weighted by Gasteiger charge is 2.18. The molecular weight excluding hydrogens is 755 g/mol. The second-order valence-corrected chi connectivity index (χ2v) is 15.7. The fraction of sp³-hybridized carbons (Fsp3) is 0. The number of para-hydroxylation sites is 3. The molecule has 0 N–H and O–H groups in total. The van der Waals surface area contributed by atoms with Gasteiger partial charge in [0, 0.05) is 49.6 Å². The van der Waals surface area contributed by atoms with Crippen LogP contribution in [-0.2, 0) is 0 Å². The molecule has 290 valence electrons. The zero-order valence-corrected chi connectivity index (χ0v) is 33.6. The van der Waals surface area contributed by atoms with Crippen LogP contribution in [0.25, 0.3) is 111 Å². The van der Waals surface area contributed by atoms with Gasteiger partial charge >= 0.3 is 0 Å². The van der Waals surface area contributed by atoms with Crippen molar-refractivity contribution < 1.29 is 0 Å². The largest absolute Gasteiger partial charge is 0.309 e. The molecule has 12 aromatic rings. The SMILES string of the molecule is c1ccc(-c2cccc(-c3nc(-c4ccccc4)nc(-c4cccc(-n5c6ccccc6c6ccc(-c7ccc8c9ccccc9n(-c9ccccc9)c8c7)cc65)c4)n3)c2)cc1. The van der Waals surface area contributed by atoms with Gasteiger partial charge in [0.1, 0.15) is 0 Å². The van der Waals surface area contributed by atoms with Crippen LogP contribution in [0.1, 0.15) is 0 Å². The number of nitrogens with zero attached hydrogens (tertiary/aromatic N) is 5. The van der Waals surface area contributed by atoms with E-state index in [0.717, 1.165) is 61.4 Å². The molecule has 3 aromatic heterocycles. The topological polar surface area (TPSA) is 48.5 Å². The van der Waals surface area contributed by atoms with Crippen molar-refractivity contribution in [1.29, 1.82) is 0 Å². The molecule has 12 rings (SSSR count). The molecular formula is C57H37N5. The van der Waals surface area contributed by atoms with Crippen LogP contribution in [-0.4, -0.2) is 24.1 Å². The lowest BCUT2D eigenvalue weighted by molar-refractivity contribution is 1.07. The molecule has 0 saturated heterocycles. The van der Waals surface area contributed by atoms with Crippen LogP contribution in [0.3, 0.4) is 0 Å². The van der Waals surface area contributed by atoms with Gasteiger partial charge in [0.2, 0.25) is 0 Å². The van der Waals surface area contributed by atoms with Crippen LogP contribution in [0.4, 0.5) is 0 Å². The number of fused-ring (bicyclic) bond motifs is 6. The van der Waals surface area contributed by atoms with Crippen molar-refractivity contribution in [2.75, 3.05) is 0 Å². The van der Waals surface area contributed by atoms with Gasteiger partial charge in [0.25, 0.3) is 0 Å². The number of hydrogen-bond donors (Lipinski definition) is 0. The molecule has 0 saturated carbocycles. The van der Waals surface area contributed by atoms with Gasteiger partial charge in [-0.3, -0.25) is 0 Å². The average molecular weight is 792 g/mol. The van der Waals surface area contributed by atoms with E-state index >= 15 is 0 Å². The fourth-order valence-corrected chi connectivity index (χ4v) is 9.04. The van der Waals surface area contributed by atoms with E-state index in [1.54, 1.807) is 0 Å². The van der Waals surface area contributed by atoms with Crippen molar-refractivity contribution in [3.8, 4) is 67.8 Å². The minimum Gasteiger partial charge on any atom is -0.309 e. The lowest BCUT2D eigenvalue weighted by Gasteiger charge is -2.12. The van der Waals surface area contributed by atoms with Crippen molar-refractivity contribution >= 4 is 43.6 Å². The van der Waals surface area contributed by atoms with E-state index in [2.05, 4.69) is 209 Å². The van der Waals surface area contributed by atoms with Gasteiger partial charge in [-0.25, -0.2) is 15.0 Å². The van der Waals surface area contributed by atoms with Gasteiger partial charge in [0.05, 0.1) is 22.1 Å². The van der Waals surface area contributed by atoms with E-state index < -0.39 is 0 Å². The molecule has 0 aliphatic heterocycles. The summed E-state index contributed by atoms with van der Waals surface area (Å²) in [6, 6.07) is 79.3. The van der Waals surface area contributed by atoms with Crippen LogP contribution in [0.2, 0.25) is 0 Å². The molecule has 0 bridgehead atoms. The predicted octanol–water partition coefficient (Wildman–Crippen LogP) is 14.4. The first-order chi connectivity index (χ1) is 30.7. The highest BCUT2D eigenvalue weighted by atomic mass is 15.0. The van der Waals surface area contributed by atoms with Gasteiger partial charge in [-0.1, -0.05) is 170 Å². The third-order valence-corrected chi connectivity index (χ3v) is 12.0. The molecule has 0 fully saturated rings. The van der Waals surface area contributed by atoms with Crippen LogP contribution >= 0.6 is 0 Å². The zero-order valence-electron chi connectivity index (χ0n) is 33.6. The summed E-state index contributed by atoms with van der Waals surface area (Å²) in [5.74, 6) is 1.87. The van der Waals surface area contributed by atoms with E-state index in [1.807, 2.05) is 24.3 Å². The Morgan fingerprint density at radius 2 is 0.613 bits per heavy atom. The van der Waals surface area contributed by atoms with E-state index in [9.17, 15) is 0 Å². The summed E-state index contributed by atoms with van der Waals surface area (Å²) in [6.07, 6.45) is 0. The van der Waals surface area contributed by atoms with Crippen LogP contribution in [0, 0.1) is 0 Å². The van der Waals surface area contributed by atoms with E-state index in [1.165, 1.54) is 32.6 Å². The Bertz CT molecular complexity index is 3620. The zero-order chi connectivity index (χ0) is 41.0. The first-order valence-corrected chi connectivity index (χ1v) is 20.9. The molecule has 0 radical (unpaired) electrons. The number of hydrogen-bond acceptors (Lipinski definition) is 3. The van der Waals surface area contributed by atoms with E-state index in [-0.39, 0.29) is 0 Å². The van der Waals surface area contributed by atoms with Crippen molar-refractivity contribution in [3.05, 3.63) is 224 Å². The van der Waals surface area contributed by atoms with Gasteiger partial charge in [0.15, 0.2) is 17.5 Å². The second kappa shape index (κ2) is 14.7. The number of rotatable bonds is 7. The van der Waals surface area contributed by atoms with Crippen molar-refractivity contribution in [3.63, 3.8) is 0 Å². The summed E-state index contributed by atoms with van der Waals surface area (Å²) in [6.45, 7) is 0. The van der Waals surface area contributed by atoms with Gasteiger partial charge < -0.3 is 9.13 Å². The first-order valence-electron chi connectivity index (χ1n) is 20.9. The predicted molar refractivity (Wildman–Crippen MR) is 256 cm³/mol. The standard InChI is InChI=1S/C57H37N5/c1-4-16-38(17-5-1)40-20-14-21-43(34-40)56-58-55(39-18-6-2-7-19-39)59-57(60-56)44-22-15-25-46(35-44)62-52-29-13-11-27-48(52)50-33-31-42(37-54(50)62)41-30-32-49-47-26-10-12-28-51(47)61(53(49)36-41)45-23-8-3-9-24-45/h1-37H. The molecule has 5 nitrogen and oxygen atoms in total. The van der Waals surface area contributed by atoms with Gasteiger partial charge in [-0.15, -0.1) is 0 Å². The summed E-state index contributed by atoms with van der Waals surface area (Å²) in [4.78, 5) is 15.3. The Kier molecular flexibility index (Phi) is 8.42. The lowest BCUT2D eigenvalue weighted by Crippen LogP contribution is -2.01. The summed E-state index contributed by atoms with van der Waals surface area (Å²) >= 11 is 0. The van der Waals surface area contributed by atoms with Crippen LogP contribution < -0.4 is 0 Å². The van der Waals surface area contributed by atoms with Crippen LogP contribution in [0.5, 0.6) is 0 Å². The minimum absolute atomic E-state index is 0.615. The number of aromatic nitrogens is 5. The third kappa shape index (κ3) is 6.06. The molecule has 0 aliphatic carbocycles. The Morgan fingerprint density at radius 1 is 0.226 bits per heavy atom. The maximum atomic E-state index is 5.17.